The summed E-state index contributed by atoms with van der Waals surface area (Å²) in [6.45, 7) is 12.0. The monoisotopic (exact) mass is 353 g/mol. The molecule has 2 rings (SSSR count). The van der Waals surface area contributed by atoms with Crippen molar-refractivity contribution >= 4 is 17.4 Å². The van der Waals surface area contributed by atoms with E-state index in [9.17, 15) is 9.18 Å². The Hall–Kier alpha value is -2.68. The Balaban J connectivity index is 0.00000163. The molecular weight excluding hydrogens is 325 g/mol. The molecule has 3 heteroatoms. The number of hydrogen-bond donors (Lipinski definition) is 1. The first-order valence-electron chi connectivity index (χ1n) is 9.06. The van der Waals surface area contributed by atoms with Crippen LogP contribution in [0.25, 0.3) is 11.1 Å². The first kappa shape index (κ1) is 21.4. The van der Waals surface area contributed by atoms with Gasteiger partial charge in [-0.3, -0.25) is 4.79 Å². The Kier molecular flexibility index (Phi) is 9.07. The molecule has 0 bridgehead atoms. The fourth-order valence-corrected chi connectivity index (χ4v) is 2.63. The van der Waals surface area contributed by atoms with E-state index in [0.717, 1.165) is 36.0 Å². The molecule has 0 saturated heterocycles. The molecule has 2 aromatic rings. The van der Waals surface area contributed by atoms with Crippen LogP contribution < -0.4 is 0 Å². The van der Waals surface area contributed by atoms with Gasteiger partial charge < -0.3 is 4.98 Å². The summed E-state index contributed by atoms with van der Waals surface area (Å²) in [5, 5.41) is 0. The lowest BCUT2D eigenvalue weighted by atomic mass is 10.0. The van der Waals surface area contributed by atoms with Crippen molar-refractivity contribution in [1.29, 1.82) is 0 Å². The van der Waals surface area contributed by atoms with Gasteiger partial charge in [0.05, 0.1) is 5.69 Å². The lowest BCUT2D eigenvalue weighted by Crippen LogP contribution is -1.89. The smallest absolute Gasteiger partial charge is 0.166 e. The molecule has 1 aromatic carbocycles. The average Bonchev–Trinajstić information content (AvgIpc) is 3.06. The molecule has 0 aliphatic carbocycles. The predicted molar refractivity (Wildman–Crippen MR) is 110 cm³/mol. The Morgan fingerprint density at radius 3 is 2.54 bits per heavy atom. The van der Waals surface area contributed by atoms with Crippen molar-refractivity contribution < 1.29 is 9.18 Å². The number of carbonyl (C=O) groups excluding carboxylic acids is 1. The summed E-state index contributed by atoms with van der Waals surface area (Å²) in [5.74, 6) is -0.301. The maximum atomic E-state index is 13.9. The molecule has 0 amide bonds. The zero-order chi connectivity index (χ0) is 19.5. The third-order valence-corrected chi connectivity index (χ3v) is 3.78. The van der Waals surface area contributed by atoms with Crippen molar-refractivity contribution in [1.82, 2.24) is 4.98 Å². The van der Waals surface area contributed by atoms with E-state index in [4.69, 9.17) is 0 Å². The van der Waals surface area contributed by atoms with Crippen LogP contribution in [-0.4, -0.2) is 11.3 Å². The number of nitrogens with one attached hydrogen (secondary N) is 1. The molecule has 0 radical (unpaired) electrons. The number of aldehydes is 1. The van der Waals surface area contributed by atoms with Crippen molar-refractivity contribution in [2.24, 2.45) is 0 Å². The number of benzene rings is 1. The molecule has 0 unspecified atom stereocenters. The molecule has 0 saturated carbocycles. The van der Waals surface area contributed by atoms with Crippen LogP contribution in [0.5, 0.6) is 0 Å². The van der Waals surface area contributed by atoms with Crippen molar-refractivity contribution in [3.63, 3.8) is 0 Å². The summed E-state index contributed by atoms with van der Waals surface area (Å²) in [6, 6.07) is 8.54. The van der Waals surface area contributed by atoms with Gasteiger partial charge in [-0.05, 0) is 48.3 Å². The summed E-state index contributed by atoms with van der Waals surface area (Å²) in [7, 11) is 0. The summed E-state index contributed by atoms with van der Waals surface area (Å²) in [5.41, 5.74) is 4.33. The molecule has 0 fully saturated rings. The van der Waals surface area contributed by atoms with Gasteiger partial charge in [0.1, 0.15) is 5.82 Å². The van der Waals surface area contributed by atoms with Gasteiger partial charge in [0.15, 0.2) is 6.29 Å². The van der Waals surface area contributed by atoms with Crippen LogP contribution in [-0.2, 0) is 6.42 Å². The number of rotatable bonds is 7. The Morgan fingerprint density at radius 1 is 1.27 bits per heavy atom. The fourth-order valence-electron chi connectivity index (χ4n) is 2.63. The summed E-state index contributed by atoms with van der Waals surface area (Å²) in [4.78, 5) is 14.4. The lowest BCUT2D eigenvalue weighted by Gasteiger charge is -2.05. The first-order chi connectivity index (χ1) is 12.6. The zero-order valence-corrected chi connectivity index (χ0v) is 16.1. The van der Waals surface area contributed by atoms with Gasteiger partial charge in [0.2, 0.25) is 0 Å². The van der Waals surface area contributed by atoms with Gasteiger partial charge in [-0.25, -0.2) is 4.39 Å². The second-order valence-corrected chi connectivity index (χ2v) is 5.59. The number of hydrogen-bond acceptors (Lipinski definition) is 1. The van der Waals surface area contributed by atoms with Crippen molar-refractivity contribution in [2.45, 2.75) is 40.5 Å². The maximum Gasteiger partial charge on any atom is 0.166 e. The average molecular weight is 353 g/mol. The number of aromatic amines is 1. The second kappa shape index (κ2) is 11.0. The number of H-pyrrole nitrogens is 1. The minimum absolute atomic E-state index is 0.301. The van der Waals surface area contributed by atoms with Crippen molar-refractivity contribution in [2.75, 3.05) is 0 Å². The topological polar surface area (TPSA) is 32.9 Å². The van der Waals surface area contributed by atoms with Gasteiger partial charge in [0, 0.05) is 11.3 Å². The molecule has 2 nitrogen and oxygen atoms in total. The van der Waals surface area contributed by atoms with Crippen LogP contribution in [0.2, 0.25) is 0 Å². The molecule has 1 N–H and O–H groups in total. The summed E-state index contributed by atoms with van der Waals surface area (Å²) in [6.07, 6.45) is 8.29. The minimum atomic E-state index is -0.301. The highest BCUT2D eigenvalue weighted by Crippen LogP contribution is 2.25. The number of halogens is 1. The van der Waals surface area contributed by atoms with Gasteiger partial charge in [-0.1, -0.05) is 64.1 Å². The highest BCUT2D eigenvalue weighted by Gasteiger charge is 2.10. The van der Waals surface area contributed by atoms with Crippen LogP contribution in [0, 0.1) is 5.82 Å². The van der Waals surface area contributed by atoms with E-state index in [1.807, 2.05) is 45.1 Å². The fraction of sp³-hybridized carbons (Fsp3) is 0.261. The standard InChI is InChI=1S/C21H22FNO.C2H6/c1-4-8-16(12-15(3)18-10-6-7-11-19(18)22)20-13-17(9-5-2)21(14-24)23-20;1-2/h4,6-8,10-14,23H,3,5,9H2,1-2H3;1-2H3/b8-4-,16-12+;. The van der Waals surface area contributed by atoms with Gasteiger partial charge in [-0.15, -0.1) is 0 Å². The van der Waals surface area contributed by atoms with Crippen LogP contribution in [0.3, 0.4) is 0 Å². The quantitative estimate of drug-likeness (QED) is 0.440. The van der Waals surface area contributed by atoms with E-state index in [-0.39, 0.29) is 5.82 Å². The van der Waals surface area contributed by atoms with E-state index in [1.165, 1.54) is 6.07 Å². The van der Waals surface area contributed by atoms with Gasteiger partial charge in [-0.2, -0.15) is 0 Å². The molecule has 26 heavy (non-hydrogen) atoms. The minimum Gasteiger partial charge on any atom is -0.352 e. The van der Waals surface area contributed by atoms with Crippen molar-refractivity contribution in [3.8, 4) is 0 Å². The molecule has 0 spiro atoms. The SMILES string of the molecule is C=C(/C=C(\C=C/C)c1cc(CCC)c(C=O)[nH]1)c1ccccc1F.CC. The van der Waals surface area contributed by atoms with Crippen LogP contribution in [0.15, 0.2) is 55.1 Å². The van der Waals surface area contributed by atoms with E-state index >= 15 is 0 Å². The van der Waals surface area contributed by atoms with Crippen LogP contribution >= 0.6 is 0 Å². The van der Waals surface area contributed by atoms with E-state index in [0.29, 0.717) is 16.8 Å². The Bertz CT molecular complexity index is 796. The molecule has 0 aliphatic heterocycles. The predicted octanol–water partition coefficient (Wildman–Crippen LogP) is 6.62. The Morgan fingerprint density at radius 2 is 1.96 bits per heavy atom. The van der Waals surface area contributed by atoms with Crippen molar-refractivity contribution in [3.05, 3.63) is 83.5 Å². The highest BCUT2D eigenvalue weighted by molar-refractivity contribution is 5.87. The number of carbonyl (C=O) groups is 1. The molecule has 0 atom stereocenters. The number of allylic oxidation sites excluding steroid dienone is 5. The zero-order valence-electron chi connectivity index (χ0n) is 16.1. The number of aryl methyl sites for hydroxylation is 1. The molecule has 0 aliphatic rings. The third-order valence-electron chi connectivity index (χ3n) is 3.78. The largest absolute Gasteiger partial charge is 0.352 e. The van der Waals surface area contributed by atoms with E-state index in [2.05, 4.69) is 18.5 Å². The molecule has 1 aromatic heterocycles. The normalized spacial score (nSPS) is 11.2. The molecule has 138 valence electrons. The second-order valence-electron chi connectivity index (χ2n) is 5.59. The summed E-state index contributed by atoms with van der Waals surface area (Å²) >= 11 is 0. The highest BCUT2D eigenvalue weighted by atomic mass is 19.1. The summed E-state index contributed by atoms with van der Waals surface area (Å²) < 4.78 is 13.9. The van der Waals surface area contributed by atoms with E-state index in [1.54, 1.807) is 18.2 Å². The number of aromatic nitrogens is 1. The molecule has 1 heterocycles. The van der Waals surface area contributed by atoms with Crippen LogP contribution in [0.4, 0.5) is 4.39 Å². The van der Waals surface area contributed by atoms with E-state index < -0.39 is 0 Å². The maximum absolute atomic E-state index is 13.9. The Labute approximate surface area is 156 Å². The van der Waals surface area contributed by atoms with Crippen LogP contribution in [0.1, 0.15) is 61.4 Å². The van der Waals surface area contributed by atoms with Gasteiger partial charge >= 0.3 is 0 Å². The lowest BCUT2D eigenvalue weighted by molar-refractivity contribution is 0.111. The molecular formula is C23H28FNO. The van der Waals surface area contributed by atoms with Gasteiger partial charge in [0.25, 0.3) is 0 Å². The third kappa shape index (κ3) is 5.41. The first-order valence-corrected chi connectivity index (χ1v) is 9.06.